The van der Waals surface area contributed by atoms with Crippen LogP contribution in [-0.2, 0) is 23.8 Å². The van der Waals surface area contributed by atoms with Gasteiger partial charge in [-0.1, -0.05) is 50.2 Å². The van der Waals surface area contributed by atoms with E-state index in [4.69, 9.17) is 14.2 Å². The molecule has 0 aliphatic heterocycles. The second kappa shape index (κ2) is 20.8. The zero-order valence-corrected chi connectivity index (χ0v) is 34.1. The summed E-state index contributed by atoms with van der Waals surface area (Å²) >= 11 is 0. The summed E-state index contributed by atoms with van der Waals surface area (Å²) < 4.78 is 16.6. The Labute approximate surface area is 320 Å². The van der Waals surface area contributed by atoms with Crippen molar-refractivity contribution < 1.29 is 33.4 Å². The molecule has 0 heterocycles. The molecule has 0 radical (unpaired) electrons. The number of hydrogen-bond acceptors (Lipinski definition) is 7. The van der Waals surface area contributed by atoms with E-state index in [1.807, 2.05) is 46.4 Å². The predicted molar refractivity (Wildman–Crippen MR) is 208 cm³/mol. The van der Waals surface area contributed by atoms with Crippen LogP contribution in [-0.4, -0.2) is 72.4 Å². The lowest BCUT2D eigenvalue weighted by atomic mass is 9.57. The minimum atomic E-state index is -0.563. The van der Waals surface area contributed by atoms with E-state index in [1.54, 1.807) is 5.57 Å². The van der Waals surface area contributed by atoms with Crippen LogP contribution in [0.4, 0.5) is 9.59 Å². The van der Waals surface area contributed by atoms with Crippen LogP contribution < -0.4 is 10.6 Å². The van der Waals surface area contributed by atoms with E-state index in [-0.39, 0.29) is 30.5 Å². The maximum atomic E-state index is 13.4. The largest absolute Gasteiger partial charge is 0.462 e. The third-order valence-corrected chi connectivity index (χ3v) is 11.8. The number of nitrogens with one attached hydrogen (secondary N) is 2. The lowest BCUT2D eigenvalue weighted by Crippen LogP contribution is -2.41. The molecule has 4 aliphatic carbocycles. The summed E-state index contributed by atoms with van der Waals surface area (Å²) in [6.45, 7) is 13.3. The maximum absolute atomic E-state index is 13.4. The molecule has 3 amide bonds. The number of nitrogens with zero attached hydrogens (tertiary/aromatic N) is 1. The number of amides is 3. The van der Waals surface area contributed by atoms with Crippen LogP contribution in [0.15, 0.2) is 11.6 Å². The van der Waals surface area contributed by atoms with Crippen LogP contribution >= 0.6 is 0 Å². The lowest BCUT2D eigenvalue weighted by Gasteiger charge is -2.49. The van der Waals surface area contributed by atoms with Gasteiger partial charge in [0.05, 0.1) is 0 Å². The van der Waals surface area contributed by atoms with Crippen LogP contribution in [0.1, 0.15) is 164 Å². The van der Waals surface area contributed by atoms with Gasteiger partial charge >= 0.3 is 18.2 Å². The van der Waals surface area contributed by atoms with Crippen LogP contribution in [0.2, 0.25) is 0 Å². The van der Waals surface area contributed by atoms with Crippen molar-refractivity contribution >= 4 is 24.1 Å². The summed E-state index contributed by atoms with van der Waals surface area (Å²) in [5.74, 6) is 4.21. The van der Waals surface area contributed by atoms with E-state index < -0.39 is 17.3 Å². The molecule has 6 atom stereocenters. The molecule has 302 valence electrons. The fourth-order valence-electron chi connectivity index (χ4n) is 9.52. The molecule has 0 aromatic heterocycles. The van der Waals surface area contributed by atoms with Crippen molar-refractivity contribution in [2.24, 2.45) is 29.6 Å². The van der Waals surface area contributed by atoms with Gasteiger partial charge in [0, 0.05) is 45.4 Å². The number of esters is 1. The van der Waals surface area contributed by atoms with E-state index in [2.05, 4.69) is 16.7 Å². The first kappa shape index (κ1) is 43.0. The third kappa shape index (κ3) is 15.1. The molecule has 0 aromatic rings. The summed E-state index contributed by atoms with van der Waals surface area (Å²) in [6.07, 6.45) is 20.6. The Kier molecular flexibility index (Phi) is 16.8. The number of rotatable bonds is 18. The van der Waals surface area contributed by atoms with Gasteiger partial charge in [-0.15, -0.1) is 0 Å². The van der Waals surface area contributed by atoms with E-state index >= 15 is 0 Å². The second-order valence-corrected chi connectivity index (χ2v) is 18.3. The summed E-state index contributed by atoms with van der Waals surface area (Å²) in [5.41, 5.74) is 0.491. The summed E-state index contributed by atoms with van der Waals surface area (Å²) in [6, 6.07) is 0. The highest BCUT2D eigenvalue weighted by atomic mass is 16.6. The van der Waals surface area contributed by atoms with Gasteiger partial charge in [0.25, 0.3) is 0 Å². The number of carbonyl (C=O) groups is 4. The molecule has 4 rings (SSSR count). The Bertz CT molecular complexity index is 1220. The fourth-order valence-corrected chi connectivity index (χ4v) is 9.52. The third-order valence-electron chi connectivity index (χ3n) is 11.8. The molecule has 0 aromatic carbocycles. The highest BCUT2D eigenvalue weighted by Crippen LogP contribution is 2.56. The van der Waals surface area contributed by atoms with Crippen molar-refractivity contribution in [3.05, 3.63) is 11.6 Å². The molecule has 0 spiro atoms. The highest BCUT2D eigenvalue weighted by molar-refractivity contribution is 5.77. The predicted octanol–water partition coefficient (Wildman–Crippen LogP) is 9.25. The number of allylic oxidation sites excluding steroid dienone is 1. The first-order valence-electron chi connectivity index (χ1n) is 21.3. The van der Waals surface area contributed by atoms with E-state index in [0.29, 0.717) is 51.4 Å². The van der Waals surface area contributed by atoms with Crippen LogP contribution in [0.3, 0.4) is 0 Å². The average molecular weight is 744 g/mol. The Morgan fingerprint density at radius 3 is 2.02 bits per heavy atom. The molecule has 53 heavy (non-hydrogen) atoms. The van der Waals surface area contributed by atoms with Gasteiger partial charge in [-0.05, 0) is 135 Å². The van der Waals surface area contributed by atoms with Crippen molar-refractivity contribution in [3.8, 4) is 0 Å². The van der Waals surface area contributed by atoms with Crippen LogP contribution in [0.25, 0.3) is 0 Å². The van der Waals surface area contributed by atoms with E-state index in [9.17, 15) is 19.2 Å². The van der Waals surface area contributed by atoms with Crippen molar-refractivity contribution in [1.82, 2.24) is 15.5 Å². The first-order valence-corrected chi connectivity index (χ1v) is 21.3. The molecule has 0 saturated heterocycles. The zero-order valence-electron chi connectivity index (χ0n) is 34.1. The topological polar surface area (TPSA) is 123 Å². The Hall–Kier alpha value is -2.78. The number of carbonyl (C=O) groups excluding carboxylic acids is 4. The van der Waals surface area contributed by atoms with Gasteiger partial charge in [0.1, 0.15) is 17.3 Å². The number of hydrogen-bond donors (Lipinski definition) is 2. The highest BCUT2D eigenvalue weighted by Gasteiger charge is 2.47. The molecule has 4 aliphatic rings. The van der Waals surface area contributed by atoms with E-state index in [1.165, 1.54) is 38.5 Å². The number of unbranched alkanes of at least 4 members (excludes halogenated alkanes) is 5. The Balaban J connectivity index is 1.13. The maximum Gasteiger partial charge on any atom is 0.407 e. The second-order valence-electron chi connectivity index (χ2n) is 18.3. The Morgan fingerprint density at radius 2 is 1.32 bits per heavy atom. The first-order chi connectivity index (χ1) is 25.2. The quantitative estimate of drug-likeness (QED) is 0.0621. The molecule has 6 unspecified atom stereocenters. The van der Waals surface area contributed by atoms with Gasteiger partial charge in [0.15, 0.2) is 0 Å². The number of ether oxygens (including phenoxy) is 3. The molecule has 10 nitrogen and oxygen atoms in total. The molecule has 2 N–H and O–H groups in total. The average Bonchev–Trinajstić information content (AvgIpc) is 3.56. The van der Waals surface area contributed by atoms with Crippen LogP contribution in [0.5, 0.6) is 0 Å². The van der Waals surface area contributed by atoms with Gasteiger partial charge in [-0.3, -0.25) is 9.59 Å². The fraction of sp³-hybridized carbons (Fsp3) is 0.860. The smallest absolute Gasteiger partial charge is 0.407 e. The number of alkyl carbamates (subject to hydrolysis) is 2. The monoisotopic (exact) mass is 744 g/mol. The zero-order chi connectivity index (χ0) is 38.4. The van der Waals surface area contributed by atoms with Gasteiger partial charge in [-0.2, -0.15) is 0 Å². The molecule has 3 fully saturated rings. The summed E-state index contributed by atoms with van der Waals surface area (Å²) in [5, 5.41) is 5.60. The van der Waals surface area contributed by atoms with Crippen molar-refractivity contribution in [2.75, 3.05) is 26.2 Å². The Morgan fingerprint density at radius 1 is 0.679 bits per heavy atom. The molecular formula is C43H73N3O7. The van der Waals surface area contributed by atoms with Crippen molar-refractivity contribution in [2.45, 2.75) is 181 Å². The number of fused-ring (bicyclic) bond motifs is 5. The normalized spacial score (nSPS) is 25.2. The summed E-state index contributed by atoms with van der Waals surface area (Å²) in [4.78, 5) is 52.1. The molecule has 10 heteroatoms. The minimum Gasteiger partial charge on any atom is -0.462 e. The van der Waals surface area contributed by atoms with Crippen LogP contribution in [0, 0.1) is 29.6 Å². The SMILES string of the molecule is CC(C)(C)OC(=O)NCCCCCCCCN(CCCNC(=O)OC(C)(C)C)C(=O)CCCC(=O)OC1CCC2C(=CCC3C4CCCC4CCC23)C1. The summed E-state index contributed by atoms with van der Waals surface area (Å²) in [7, 11) is 0. The van der Waals surface area contributed by atoms with Crippen molar-refractivity contribution in [3.63, 3.8) is 0 Å². The molecule has 3 saturated carbocycles. The van der Waals surface area contributed by atoms with Crippen molar-refractivity contribution in [1.29, 1.82) is 0 Å². The van der Waals surface area contributed by atoms with Gasteiger partial charge in [0.2, 0.25) is 5.91 Å². The minimum absolute atomic E-state index is 0.0321. The lowest BCUT2D eigenvalue weighted by molar-refractivity contribution is -0.150. The van der Waals surface area contributed by atoms with Gasteiger partial charge in [-0.25, -0.2) is 9.59 Å². The molecule has 0 bridgehead atoms. The van der Waals surface area contributed by atoms with E-state index in [0.717, 1.165) is 81.5 Å². The van der Waals surface area contributed by atoms with Gasteiger partial charge < -0.3 is 29.7 Å². The molecular weight excluding hydrogens is 670 g/mol. The standard InChI is InChI=1S/C43H73N3O7/c1-42(2,3)52-40(49)44-26-11-9-7-8-10-12-28-46(29-15-27-45-41(50)53-43(4,5)6)38(47)18-14-19-39(48)51-33-22-25-35-32(30-33)21-24-36-34-17-13-16-31(34)20-23-37(35)36/h21,31,33-37H,7-20,22-30H2,1-6H3,(H,44,49)(H,45,50).